The summed E-state index contributed by atoms with van der Waals surface area (Å²) in [6.45, 7) is 0.735. The number of anilines is 1. The maximum Gasteiger partial charge on any atom is 0.170 e. The zero-order chi connectivity index (χ0) is 16.7. The molecule has 0 bridgehead atoms. The van der Waals surface area contributed by atoms with Gasteiger partial charge in [-0.15, -0.1) is 0 Å². The lowest BCUT2D eigenvalue weighted by atomic mass is 10.2. The highest BCUT2D eigenvalue weighted by atomic mass is 35.5. The van der Waals surface area contributed by atoms with E-state index in [1.807, 2.05) is 24.3 Å². The molecule has 23 heavy (non-hydrogen) atoms. The molecule has 122 valence electrons. The molecule has 0 amide bonds. The Morgan fingerprint density at radius 3 is 2.57 bits per heavy atom. The molecule has 0 aromatic heterocycles. The summed E-state index contributed by atoms with van der Waals surface area (Å²) in [5.41, 5.74) is 1.89. The first kappa shape index (κ1) is 18.3. The number of hydrogen-bond donors (Lipinski definition) is 2. The summed E-state index contributed by atoms with van der Waals surface area (Å²) in [6.07, 6.45) is 0. The van der Waals surface area contributed by atoms with Gasteiger partial charge >= 0.3 is 0 Å². The first-order valence-corrected chi connectivity index (χ1v) is 9.18. The Labute approximate surface area is 154 Å². The van der Waals surface area contributed by atoms with E-state index >= 15 is 0 Å². The molecule has 2 aromatic rings. The number of halogens is 3. The lowest BCUT2D eigenvalue weighted by molar-refractivity contribution is 0.628. The van der Waals surface area contributed by atoms with E-state index in [2.05, 4.69) is 10.6 Å². The van der Waals surface area contributed by atoms with Gasteiger partial charge in [0.15, 0.2) is 5.11 Å². The van der Waals surface area contributed by atoms with E-state index in [0.29, 0.717) is 10.8 Å². The van der Waals surface area contributed by atoms with E-state index < -0.39 is 5.82 Å². The van der Waals surface area contributed by atoms with Crippen molar-refractivity contribution in [3.8, 4) is 0 Å². The third-order valence-electron chi connectivity index (χ3n) is 2.89. The van der Waals surface area contributed by atoms with Crippen molar-refractivity contribution in [2.75, 3.05) is 17.6 Å². The highest BCUT2D eigenvalue weighted by Gasteiger charge is 2.02. The van der Waals surface area contributed by atoms with E-state index in [9.17, 15) is 4.39 Å². The maximum absolute atomic E-state index is 13.1. The van der Waals surface area contributed by atoms with Crippen LogP contribution in [-0.4, -0.2) is 17.4 Å². The summed E-state index contributed by atoms with van der Waals surface area (Å²) >= 11 is 18.6. The number of thiocarbonyl (C=S) groups is 1. The predicted molar refractivity (Wildman–Crippen MR) is 103 cm³/mol. The zero-order valence-corrected chi connectivity index (χ0v) is 15.3. The Kier molecular flexibility index (Phi) is 7.43. The second-order valence-electron chi connectivity index (χ2n) is 4.69. The van der Waals surface area contributed by atoms with Crippen LogP contribution in [0.3, 0.4) is 0 Å². The van der Waals surface area contributed by atoms with Crippen LogP contribution in [0, 0.1) is 5.82 Å². The van der Waals surface area contributed by atoms with Gasteiger partial charge in [0, 0.05) is 28.8 Å². The molecule has 2 N–H and O–H groups in total. The van der Waals surface area contributed by atoms with Gasteiger partial charge < -0.3 is 10.6 Å². The minimum atomic E-state index is -0.449. The zero-order valence-electron chi connectivity index (χ0n) is 12.1. The smallest absolute Gasteiger partial charge is 0.170 e. The Balaban J connectivity index is 1.64. The van der Waals surface area contributed by atoms with E-state index in [1.165, 1.54) is 17.7 Å². The molecule has 0 aliphatic carbocycles. The van der Waals surface area contributed by atoms with Crippen LogP contribution < -0.4 is 10.6 Å². The highest BCUT2D eigenvalue weighted by molar-refractivity contribution is 7.98. The van der Waals surface area contributed by atoms with Crippen LogP contribution in [0.25, 0.3) is 0 Å². The highest BCUT2D eigenvalue weighted by Crippen LogP contribution is 2.19. The summed E-state index contributed by atoms with van der Waals surface area (Å²) in [7, 11) is 0. The molecule has 0 fully saturated rings. The maximum atomic E-state index is 13.1. The standard InChI is InChI=1S/C16H15Cl2FN2S2/c17-12-3-1-11(2-4-12)10-23-8-7-20-16(22)21-13-5-6-15(19)14(18)9-13/h1-6,9H,7-8,10H2,(H2,20,21,22). The average Bonchev–Trinajstić information content (AvgIpc) is 2.52. The molecule has 0 radical (unpaired) electrons. The Morgan fingerprint density at radius 1 is 1.13 bits per heavy atom. The molecule has 0 unspecified atom stereocenters. The number of rotatable bonds is 6. The molecule has 2 aromatic carbocycles. The van der Waals surface area contributed by atoms with Gasteiger partial charge in [-0.2, -0.15) is 11.8 Å². The van der Waals surface area contributed by atoms with E-state index in [0.717, 1.165) is 23.1 Å². The first-order chi connectivity index (χ1) is 11.0. The lowest BCUT2D eigenvalue weighted by Crippen LogP contribution is -2.30. The van der Waals surface area contributed by atoms with Gasteiger partial charge in [-0.25, -0.2) is 4.39 Å². The molecule has 0 spiro atoms. The summed E-state index contributed by atoms with van der Waals surface area (Å²) in [5.74, 6) is 1.39. The second kappa shape index (κ2) is 9.33. The summed E-state index contributed by atoms with van der Waals surface area (Å²) < 4.78 is 13.1. The minimum Gasteiger partial charge on any atom is -0.362 e. The SMILES string of the molecule is Fc1ccc(NC(=S)NCCSCc2ccc(Cl)cc2)cc1Cl. The Morgan fingerprint density at radius 2 is 1.87 bits per heavy atom. The van der Waals surface area contributed by atoms with Crippen LogP contribution in [0.1, 0.15) is 5.56 Å². The van der Waals surface area contributed by atoms with Crippen molar-refractivity contribution in [3.05, 3.63) is 63.9 Å². The molecule has 7 heteroatoms. The fourth-order valence-electron chi connectivity index (χ4n) is 1.76. The number of benzene rings is 2. The van der Waals surface area contributed by atoms with Crippen LogP contribution in [-0.2, 0) is 5.75 Å². The molecule has 2 nitrogen and oxygen atoms in total. The average molecular weight is 389 g/mol. The van der Waals surface area contributed by atoms with Crippen LogP contribution in [0.2, 0.25) is 10.0 Å². The van der Waals surface area contributed by atoms with Gasteiger partial charge in [0.1, 0.15) is 5.82 Å². The van der Waals surface area contributed by atoms with Crippen LogP contribution >= 0.6 is 47.2 Å². The van der Waals surface area contributed by atoms with Crippen LogP contribution in [0.5, 0.6) is 0 Å². The summed E-state index contributed by atoms with van der Waals surface area (Å²) in [4.78, 5) is 0. The third-order valence-corrected chi connectivity index (χ3v) is 4.71. The van der Waals surface area contributed by atoms with Gasteiger partial charge in [0.05, 0.1) is 5.02 Å². The molecule has 0 saturated carbocycles. The van der Waals surface area contributed by atoms with Crippen molar-refractivity contribution in [3.63, 3.8) is 0 Å². The van der Waals surface area contributed by atoms with Gasteiger partial charge in [-0.3, -0.25) is 0 Å². The van der Waals surface area contributed by atoms with Crippen molar-refractivity contribution in [1.82, 2.24) is 5.32 Å². The fourth-order valence-corrected chi connectivity index (χ4v) is 3.10. The third kappa shape index (κ3) is 6.55. The monoisotopic (exact) mass is 388 g/mol. The van der Waals surface area contributed by atoms with Crippen molar-refractivity contribution >= 4 is 58.0 Å². The molecule has 2 rings (SSSR count). The van der Waals surface area contributed by atoms with Gasteiger partial charge in [-0.05, 0) is 48.1 Å². The number of thioether (sulfide) groups is 1. The summed E-state index contributed by atoms with van der Waals surface area (Å²) in [5, 5.41) is 7.37. The predicted octanol–water partition coefficient (Wildman–Crippen LogP) is 5.35. The van der Waals surface area contributed by atoms with E-state index in [1.54, 1.807) is 17.8 Å². The molecule has 0 atom stereocenters. The van der Waals surface area contributed by atoms with Crippen LogP contribution in [0.15, 0.2) is 42.5 Å². The lowest BCUT2D eigenvalue weighted by Gasteiger charge is -2.11. The first-order valence-electron chi connectivity index (χ1n) is 6.86. The fraction of sp³-hybridized carbons (Fsp3) is 0.188. The van der Waals surface area contributed by atoms with Gasteiger partial charge in [-0.1, -0.05) is 35.3 Å². The molecule has 0 saturated heterocycles. The Hall–Kier alpha value is -1.01. The van der Waals surface area contributed by atoms with Gasteiger partial charge in [0.25, 0.3) is 0 Å². The molecular formula is C16H15Cl2FN2S2. The minimum absolute atomic E-state index is 0.0660. The molecule has 0 heterocycles. The van der Waals surface area contributed by atoms with Crippen LogP contribution in [0.4, 0.5) is 10.1 Å². The molecular weight excluding hydrogens is 374 g/mol. The van der Waals surface area contributed by atoms with E-state index in [4.69, 9.17) is 35.4 Å². The number of hydrogen-bond acceptors (Lipinski definition) is 2. The van der Waals surface area contributed by atoms with Crippen molar-refractivity contribution in [2.24, 2.45) is 0 Å². The van der Waals surface area contributed by atoms with Crippen molar-refractivity contribution in [2.45, 2.75) is 5.75 Å². The second-order valence-corrected chi connectivity index (χ2v) is 7.05. The quantitative estimate of drug-likeness (QED) is 0.514. The van der Waals surface area contributed by atoms with Gasteiger partial charge in [0.2, 0.25) is 0 Å². The largest absolute Gasteiger partial charge is 0.362 e. The Bertz CT molecular complexity index is 666. The topological polar surface area (TPSA) is 24.1 Å². The van der Waals surface area contributed by atoms with E-state index in [-0.39, 0.29) is 5.02 Å². The molecule has 0 aliphatic heterocycles. The number of nitrogens with one attached hydrogen (secondary N) is 2. The summed E-state index contributed by atoms with van der Waals surface area (Å²) in [6, 6.07) is 12.2. The van der Waals surface area contributed by atoms with Crippen molar-refractivity contribution in [1.29, 1.82) is 0 Å². The van der Waals surface area contributed by atoms with Crippen molar-refractivity contribution < 1.29 is 4.39 Å². The normalized spacial score (nSPS) is 10.4. The molecule has 0 aliphatic rings.